The summed E-state index contributed by atoms with van der Waals surface area (Å²) in [6.45, 7) is 1.62. The molecule has 6 heterocycles. The first kappa shape index (κ1) is 85.1. The Balaban J connectivity index is 0.000000199. The maximum atomic E-state index is 15.4. The molecule has 0 aliphatic heterocycles. The van der Waals surface area contributed by atoms with E-state index in [2.05, 4.69) is 43.1 Å². The fraction of sp³-hybridized carbons (Fsp3) is 0.385. The van der Waals surface area contributed by atoms with Gasteiger partial charge in [0.1, 0.15) is 70.8 Å². The monoisotopic (exact) mass is 1710 g/mol. The average Bonchev–Trinajstić information content (AvgIpc) is 1.52. The highest BCUT2D eigenvalue weighted by atomic mass is 35.5. The number of terminal acetylenes is 1. The van der Waals surface area contributed by atoms with Crippen LogP contribution in [-0.2, 0) is 105 Å². The van der Waals surface area contributed by atoms with Gasteiger partial charge in [0.05, 0.1) is 55.4 Å². The average molecular weight is 1710 g/mol. The minimum Gasteiger partial charge on any atom is -0.380 e. The number of benzene rings is 4. The highest BCUT2D eigenvalue weighted by Crippen LogP contribution is 2.70. The van der Waals surface area contributed by atoms with Crippen molar-refractivity contribution in [2.45, 2.75) is 150 Å². The van der Waals surface area contributed by atoms with Gasteiger partial charge in [-0.05, 0) is 128 Å². The Morgan fingerprint density at radius 3 is 1.32 bits per heavy atom. The Morgan fingerprint density at radius 1 is 0.574 bits per heavy atom. The number of hydrogen-bond donors (Lipinski definition) is 2. The maximum absolute atomic E-state index is 15.4. The molecule has 18 nitrogen and oxygen atoms in total. The minimum atomic E-state index is -5.06. The van der Waals surface area contributed by atoms with Gasteiger partial charge in [-0.3, -0.25) is 28.3 Å². The number of aliphatic hydroxyl groups excluding tert-OH is 2. The van der Waals surface area contributed by atoms with E-state index in [1.54, 1.807) is 45.3 Å². The van der Waals surface area contributed by atoms with Crippen LogP contribution in [0.15, 0.2) is 84.9 Å². The molecule has 2 fully saturated rings. The van der Waals surface area contributed by atoms with Gasteiger partial charge in [0.25, 0.3) is 11.8 Å². The van der Waals surface area contributed by atoms with Gasteiger partial charge < -0.3 is 10.2 Å². The zero-order valence-corrected chi connectivity index (χ0v) is 65.2. The van der Waals surface area contributed by atoms with Crippen molar-refractivity contribution >= 4 is 87.8 Å². The van der Waals surface area contributed by atoms with Crippen molar-refractivity contribution in [3.8, 4) is 46.4 Å². The molecular formula is C78H67Cl3F14N10O8S2. The third kappa shape index (κ3) is 18.0. The first-order chi connectivity index (χ1) is 53.7. The van der Waals surface area contributed by atoms with Crippen LogP contribution >= 0.6 is 34.8 Å². The Morgan fingerprint density at radius 2 is 0.957 bits per heavy atom. The molecule has 608 valence electrons. The summed E-state index contributed by atoms with van der Waals surface area (Å²) in [5, 5.41) is 35.3. The lowest BCUT2D eigenvalue weighted by molar-refractivity contribution is -0.143. The molecular weight excluding hydrogens is 1640 g/mol. The molecule has 10 aromatic rings. The molecule has 0 radical (unpaired) electrons. The number of pyridine rings is 2. The summed E-state index contributed by atoms with van der Waals surface area (Å²) in [5.74, 6) is -12.8. The van der Waals surface area contributed by atoms with Crippen LogP contribution in [-0.4, -0.2) is 112 Å². The smallest absolute Gasteiger partial charge is 0.380 e. The quantitative estimate of drug-likeness (QED) is 0.0364. The predicted molar refractivity (Wildman–Crippen MR) is 397 cm³/mol. The maximum Gasteiger partial charge on any atom is 0.435 e. The fourth-order valence-corrected chi connectivity index (χ4v) is 17.3. The molecule has 115 heavy (non-hydrogen) atoms. The van der Waals surface area contributed by atoms with Crippen LogP contribution in [0.5, 0.6) is 0 Å². The van der Waals surface area contributed by atoms with E-state index in [0.717, 1.165) is 36.8 Å². The number of carbonyl (C=O) groups is 2. The number of rotatable bonds is 22. The number of halogens is 17. The first-order valence-corrected chi connectivity index (χ1v) is 40.7. The second-order valence-corrected chi connectivity index (χ2v) is 34.4. The standard InChI is InChI=1S/C39H33ClF7N5O4S.C34H26Cl2F7N5O3S.C5H8O/c1-4-24(53)7-5-23-6-8-26(27-9-10-30(40)33-31(18-57(3,55)56)49-51(2)35(27)33)34(48-23)20(11-19-12-21(41)15-22(42)13-19)14-25(54)17-52-37-32(36(50-52)39(45,46)47)28-16-29(28)38(37,43)44;1-47-30-21(3-5-24(35)28(30)25(45-47)14-52(2,50)51)20-4-6-26(36)44-29(20)16(7-15-8-17(37)11-18(38)9-15)10-19(49)13-48-32-27(31(46-48)34(41,42)43)22-12-23(22)33(32,39)40;1-3-5(6)4-2/h6,8-10,12-13,15,20,24,28-29,53H,4,11,14,16-18H2,1-3H3;3-6,8-9,11,16,22-23H,7,10,12-14H2,1-2H3;1,5-6H,4H2,2H3/t20-,24?,28+,29-;16-,22+,23-;/m11./s1. The fourth-order valence-electron chi connectivity index (χ4n) is 15.3. The van der Waals surface area contributed by atoms with Crippen LogP contribution in [0, 0.1) is 59.3 Å². The van der Waals surface area contributed by atoms with Gasteiger partial charge in [0, 0.05) is 119 Å². The molecule has 8 atom stereocenters. The number of nitrogens with zero attached hydrogens (tertiary/aromatic N) is 10. The summed E-state index contributed by atoms with van der Waals surface area (Å²) in [7, 11) is -4.03. The number of hydrogen-bond acceptors (Lipinski definition) is 14. The van der Waals surface area contributed by atoms with Gasteiger partial charge in [0.2, 0.25) is 0 Å². The number of aryl methyl sites for hydroxylation is 2. The molecule has 0 bridgehead atoms. The number of Topliss-reactive ketones (excluding diaryl/α,β-unsaturated/α-hetero) is 2. The van der Waals surface area contributed by atoms with Crippen molar-refractivity contribution in [3.05, 3.63) is 197 Å². The Hall–Kier alpha value is -9.29. The summed E-state index contributed by atoms with van der Waals surface area (Å²) < 4.78 is 256. The van der Waals surface area contributed by atoms with Crippen molar-refractivity contribution in [2.75, 3.05) is 12.5 Å². The van der Waals surface area contributed by atoms with Crippen molar-refractivity contribution in [3.63, 3.8) is 0 Å². The van der Waals surface area contributed by atoms with Crippen LogP contribution in [0.25, 0.3) is 44.1 Å². The summed E-state index contributed by atoms with van der Waals surface area (Å²) in [4.78, 5) is 37.0. The zero-order valence-electron chi connectivity index (χ0n) is 61.3. The molecule has 0 amide bonds. The van der Waals surface area contributed by atoms with E-state index >= 15 is 17.6 Å². The SMILES string of the molecule is C#CC(O)CC.CCC(O)C#Cc1ccc(-c2ccc(Cl)c3c(CS(C)(=O)=O)nn(C)c23)c([C@@H](CC(=O)Cn2nc(C(F)(F)F)c3c2C(F)(F)[C@@H]2C[C@H]32)Cc2cc(F)cc(F)c2)n1.Cn1nc(CS(C)(=O)=O)c2c(Cl)ccc(-c3ccc(Cl)nc3[C@@H](CC(=O)Cn3nc(C(F)(F)F)c4c3C(F)(F)[C@@H]3C[C@H]43)Cc3cc(F)cc(F)c3)c21. The van der Waals surface area contributed by atoms with Gasteiger partial charge >= 0.3 is 12.4 Å². The summed E-state index contributed by atoms with van der Waals surface area (Å²) >= 11 is 19.5. The van der Waals surface area contributed by atoms with Gasteiger partial charge in [0.15, 0.2) is 42.6 Å². The second-order valence-electron chi connectivity index (χ2n) is 28.9. The molecule has 37 heteroatoms. The van der Waals surface area contributed by atoms with Crippen LogP contribution in [0.3, 0.4) is 0 Å². The van der Waals surface area contributed by atoms with E-state index < -0.39 is 198 Å². The summed E-state index contributed by atoms with van der Waals surface area (Å²) in [6.07, 6.45) is -5.78. The lowest BCUT2D eigenvalue weighted by Crippen LogP contribution is -2.24. The van der Waals surface area contributed by atoms with Gasteiger partial charge in [-0.2, -0.15) is 64.3 Å². The largest absolute Gasteiger partial charge is 0.435 e. The van der Waals surface area contributed by atoms with Crippen LogP contribution in [0.4, 0.5) is 61.5 Å². The van der Waals surface area contributed by atoms with Crippen LogP contribution in [0.1, 0.15) is 150 Å². The Kier molecular flexibility index (Phi) is 23.7. The van der Waals surface area contributed by atoms with Gasteiger partial charge in [-0.25, -0.2) is 44.4 Å². The molecule has 2 unspecified atom stereocenters. The normalized spacial score (nSPS) is 18.0. The third-order valence-electron chi connectivity index (χ3n) is 20.1. The number of sulfone groups is 2. The number of aliphatic hydroxyl groups is 2. The number of fused-ring (bicyclic) bond motifs is 8. The van der Waals surface area contributed by atoms with Crippen molar-refractivity contribution in [2.24, 2.45) is 25.9 Å². The Bertz CT molecular complexity index is 5890. The minimum absolute atomic E-state index is 0.0480. The van der Waals surface area contributed by atoms with Gasteiger partial charge in [-0.1, -0.05) is 72.6 Å². The molecule has 4 aromatic carbocycles. The number of ketones is 2. The van der Waals surface area contributed by atoms with E-state index in [9.17, 15) is 75.4 Å². The van der Waals surface area contributed by atoms with Crippen molar-refractivity contribution in [1.82, 2.24) is 49.1 Å². The van der Waals surface area contributed by atoms with E-state index in [1.165, 1.54) is 33.6 Å². The molecule has 4 aliphatic rings. The predicted octanol–water partition coefficient (Wildman–Crippen LogP) is 16.2. The highest BCUT2D eigenvalue weighted by molar-refractivity contribution is 7.90. The topological polar surface area (TPSA) is 240 Å². The zero-order chi connectivity index (χ0) is 84.0. The van der Waals surface area contributed by atoms with E-state index in [4.69, 9.17) is 51.3 Å². The summed E-state index contributed by atoms with van der Waals surface area (Å²) in [5.41, 5.74) is -3.04. The molecule has 2 saturated carbocycles. The lowest BCUT2D eigenvalue weighted by atomic mass is 9.86. The molecule has 0 spiro atoms. The van der Waals surface area contributed by atoms with Crippen LogP contribution < -0.4 is 0 Å². The van der Waals surface area contributed by atoms with Crippen LogP contribution in [0.2, 0.25) is 15.2 Å². The molecule has 6 aromatic heterocycles. The first-order valence-electron chi connectivity index (χ1n) is 35.4. The van der Waals surface area contributed by atoms with E-state index in [-0.39, 0.29) is 86.9 Å². The third-order valence-corrected chi connectivity index (χ3v) is 22.6. The summed E-state index contributed by atoms with van der Waals surface area (Å²) in [6, 6.07) is 17.7. The van der Waals surface area contributed by atoms with Crippen molar-refractivity contribution in [1.29, 1.82) is 0 Å². The molecule has 4 aliphatic carbocycles. The Labute approximate surface area is 663 Å². The van der Waals surface area contributed by atoms with Gasteiger partial charge in [-0.15, -0.1) is 6.42 Å². The number of alkyl halides is 10. The number of carbonyl (C=O) groups excluding carboxylic acids is 2. The lowest BCUT2D eigenvalue weighted by Gasteiger charge is -2.21. The van der Waals surface area contributed by atoms with E-state index in [0.29, 0.717) is 72.0 Å². The number of aromatic nitrogens is 10. The molecule has 14 rings (SSSR count). The molecule has 2 N–H and O–H groups in total. The molecule has 0 saturated heterocycles. The van der Waals surface area contributed by atoms with E-state index in [1.807, 2.05) is 6.92 Å². The second kappa shape index (κ2) is 32.0. The highest BCUT2D eigenvalue weighted by Gasteiger charge is 2.69. The van der Waals surface area contributed by atoms with Crippen molar-refractivity contribution < 1.29 is 98.1 Å².